The molecule has 2 aliphatic rings. The van der Waals surface area contributed by atoms with Crippen molar-refractivity contribution in [2.24, 2.45) is 5.92 Å². The molecule has 0 spiro atoms. The largest absolute Gasteiger partial charge is 0.312 e. The number of para-hydroxylation sites is 2. The van der Waals surface area contributed by atoms with Crippen molar-refractivity contribution in [1.82, 2.24) is 4.31 Å². The molecule has 1 amide bonds. The molecule has 0 bridgehead atoms. The maximum atomic E-state index is 13.2. The van der Waals surface area contributed by atoms with E-state index < -0.39 is 20.6 Å². The van der Waals surface area contributed by atoms with Crippen molar-refractivity contribution >= 4 is 27.3 Å². The minimum atomic E-state index is -3.99. The van der Waals surface area contributed by atoms with Gasteiger partial charge in [0.25, 0.3) is 5.69 Å². The highest BCUT2D eigenvalue weighted by Gasteiger charge is 2.37. The van der Waals surface area contributed by atoms with Gasteiger partial charge < -0.3 is 4.90 Å². The number of amides is 1. The van der Waals surface area contributed by atoms with Crippen LogP contribution >= 0.6 is 0 Å². The summed E-state index contributed by atoms with van der Waals surface area (Å²) in [6.45, 7) is 1.01. The summed E-state index contributed by atoms with van der Waals surface area (Å²) in [5.41, 5.74) is 1.68. The number of hydrogen-bond acceptors (Lipinski definition) is 5. The summed E-state index contributed by atoms with van der Waals surface area (Å²) in [7, 11) is -3.99. The van der Waals surface area contributed by atoms with Crippen LogP contribution in [-0.2, 0) is 21.2 Å². The van der Waals surface area contributed by atoms with Crippen LogP contribution in [0.4, 0.5) is 11.4 Å². The Morgan fingerprint density at radius 2 is 1.67 bits per heavy atom. The third-order valence-corrected chi connectivity index (χ3v) is 7.81. The minimum Gasteiger partial charge on any atom is -0.312 e. The lowest BCUT2D eigenvalue weighted by Gasteiger charge is -2.36. The van der Waals surface area contributed by atoms with Crippen molar-refractivity contribution < 1.29 is 18.1 Å². The molecule has 0 unspecified atom stereocenters. The second-order valence-electron chi connectivity index (χ2n) is 7.63. The molecule has 9 heteroatoms. The minimum absolute atomic E-state index is 0.0323. The van der Waals surface area contributed by atoms with E-state index >= 15 is 0 Å². The number of anilines is 1. The molecule has 158 valence electrons. The van der Waals surface area contributed by atoms with Crippen LogP contribution in [0.5, 0.6) is 0 Å². The second-order valence-corrected chi connectivity index (χ2v) is 9.53. The van der Waals surface area contributed by atoms with Crippen molar-refractivity contribution in [3.63, 3.8) is 0 Å². The second kappa shape index (κ2) is 8.16. The monoisotopic (exact) mass is 429 g/mol. The van der Waals surface area contributed by atoms with E-state index in [4.69, 9.17) is 0 Å². The zero-order valence-corrected chi connectivity index (χ0v) is 17.3. The zero-order valence-electron chi connectivity index (χ0n) is 16.4. The number of nitrogens with zero attached hydrogens (tertiary/aromatic N) is 3. The highest BCUT2D eigenvalue weighted by Crippen LogP contribution is 2.32. The molecule has 1 saturated heterocycles. The Hall–Kier alpha value is -2.78. The molecule has 1 fully saturated rings. The Bertz CT molecular complexity index is 1080. The SMILES string of the molecule is O=C(C1CCN(S(=O)(=O)c2ccccc2[N+](=O)[O-])CC1)N1CCCc2ccccc21. The number of rotatable bonds is 4. The molecule has 2 heterocycles. The van der Waals surface area contributed by atoms with Gasteiger partial charge in [-0.25, -0.2) is 8.42 Å². The van der Waals surface area contributed by atoms with Crippen molar-refractivity contribution in [2.75, 3.05) is 24.5 Å². The predicted octanol–water partition coefficient (Wildman–Crippen LogP) is 2.97. The summed E-state index contributed by atoms with van der Waals surface area (Å²) in [6.07, 6.45) is 2.66. The van der Waals surface area contributed by atoms with Crippen LogP contribution in [-0.4, -0.2) is 43.2 Å². The Labute approximate surface area is 175 Å². The quantitative estimate of drug-likeness (QED) is 0.549. The summed E-state index contributed by atoms with van der Waals surface area (Å²) < 4.78 is 27.2. The predicted molar refractivity (Wildman–Crippen MR) is 112 cm³/mol. The third-order valence-electron chi connectivity index (χ3n) is 5.86. The van der Waals surface area contributed by atoms with Gasteiger partial charge in [-0.05, 0) is 43.4 Å². The van der Waals surface area contributed by atoms with Crippen molar-refractivity contribution in [2.45, 2.75) is 30.6 Å². The molecule has 8 nitrogen and oxygen atoms in total. The van der Waals surface area contributed by atoms with E-state index in [1.807, 2.05) is 29.2 Å². The number of hydrogen-bond donors (Lipinski definition) is 0. The number of carbonyl (C=O) groups excluding carboxylic acids is 1. The number of sulfonamides is 1. The fourth-order valence-electron chi connectivity index (χ4n) is 4.29. The van der Waals surface area contributed by atoms with Crippen molar-refractivity contribution in [3.05, 3.63) is 64.2 Å². The summed E-state index contributed by atoms with van der Waals surface area (Å²) >= 11 is 0. The molecule has 0 N–H and O–H groups in total. The Morgan fingerprint density at radius 3 is 2.40 bits per heavy atom. The van der Waals surface area contributed by atoms with Gasteiger partial charge in [0.15, 0.2) is 4.90 Å². The molecule has 2 aliphatic heterocycles. The Balaban J connectivity index is 1.48. The van der Waals surface area contributed by atoms with Crippen LogP contribution in [0.2, 0.25) is 0 Å². The van der Waals surface area contributed by atoms with E-state index in [-0.39, 0.29) is 29.8 Å². The van der Waals surface area contributed by atoms with E-state index in [0.717, 1.165) is 24.1 Å². The van der Waals surface area contributed by atoms with Crippen LogP contribution in [0.1, 0.15) is 24.8 Å². The number of carbonyl (C=O) groups is 1. The normalized spacial score (nSPS) is 18.1. The molecule has 0 saturated carbocycles. The first-order chi connectivity index (χ1) is 14.4. The molecule has 0 radical (unpaired) electrons. The summed E-state index contributed by atoms with van der Waals surface area (Å²) in [5.74, 6) is -0.224. The van der Waals surface area contributed by atoms with Crippen LogP contribution in [0.25, 0.3) is 0 Å². The number of nitro benzene ring substituents is 1. The first kappa shape index (κ1) is 20.5. The number of benzene rings is 2. The fraction of sp³-hybridized carbons (Fsp3) is 0.381. The Morgan fingerprint density at radius 1 is 1.00 bits per heavy atom. The standard InChI is InChI=1S/C21H23N3O5S/c25-21(23-13-5-7-16-6-1-2-8-18(16)23)17-11-14-22(15-12-17)30(28,29)20-10-4-3-9-19(20)24(26)27/h1-4,6,8-10,17H,5,7,11-15H2. The lowest BCUT2D eigenvalue weighted by Crippen LogP contribution is -2.45. The van der Waals surface area contributed by atoms with E-state index in [2.05, 4.69) is 0 Å². The molecule has 2 aromatic rings. The first-order valence-electron chi connectivity index (χ1n) is 10.0. The molecule has 4 rings (SSSR count). The average Bonchev–Trinajstić information content (AvgIpc) is 2.78. The third kappa shape index (κ3) is 3.70. The lowest BCUT2D eigenvalue weighted by molar-refractivity contribution is -0.387. The maximum absolute atomic E-state index is 13.2. The molecule has 30 heavy (non-hydrogen) atoms. The van der Waals surface area contributed by atoms with Gasteiger partial charge in [0, 0.05) is 37.3 Å². The Kier molecular flexibility index (Phi) is 5.57. The highest BCUT2D eigenvalue weighted by molar-refractivity contribution is 7.89. The topological polar surface area (TPSA) is 101 Å². The van der Waals surface area contributed by atoms with E-state index in [9.17, 15) is 23.3 Å². The van der Waals surface area contributed by atoms with Gasteiger partial charge in [0.05, 0.1) is 4.92 Å². The van der Waals surface area contributed by atoms with Crippen molar-refractivity contribution in [1.29, 1.82) is 0 Å². The molecular weight excluding hydrogens is 406 g/mol. The van der Waals surface area contributed by atoms with Crippen LogP contribution in [0, 0.1) is 16.0 Å². The van der Waals surface area contributed by atoms with Gasteiger partial charge in [0.1, 0.15) is 0 Å². The summed E-state index contributed by atoms with van der Waals surface area (Å²) in [4.78, 5) is 25.2. The first-order valence-corrected chi connectivity index (χ1v) is 11.5. The van der Waals surface area contributed by atoms with Gasteiger partial charge >= 0.3 is 0 Å². The van der Waals surface area contributed by atoms with Gasteiger partial charge in [0.2, 0.25) is 15.9 Å². The lowest BCUT2D eigenvalue weighted by atomic mass is 9.94. The van der Waals surface area contributed by atoms with Crippen molar-refractivity contribution in [3.8, 4) is 0 Å². The molecular formula is C21H23N3O5S. The fourth-order valence-corrected chi connectivity index (χ4v) is 5.92. The van der Waals surface area contributed by atoms with Gasteiger partial charge in [-0.3, -0.25) is 14.9 Å². The molecule has 0 aliphatic carbocycles. The number of nitro groups is 1. The summed E-state index contributed by atoms with van der Waals surface area (Å²) in [5, 5.41) is 11.2. The molecule has 2 aromatic carbocycles. The van der Waals surface area contributed by atoms with Gasteiger partial charge in [-0.15, -0.1) is 0 Å². The average molecular weight is 429 g/mol. The molecule has 0 aromatic heterocycles. The van der Waals surface area contributed by atoms with Gasteiger partial charge in [-0.1, -0.05) is 30.3 Å². The smallest absolute Gasteiger partial charge is 0.289 e. The van der Waals surface area contributed by atoms with Crippen LogP contribution < -0.4 is 4.90 Å². The zero-order chi connectivity index (χ0) is 21.3. The maximum Gasteiger partial charge on any atom is 0.289 e. The van der Waals surface area contributed by atoms with Crippen LogP contribution in [0.15, 0.2) is 53.4 Å². The highest BCUT2D eigenvalue weighted by atomic mass is 32.2. The molecule has 0 atom stereocenters. The van der Waals surface area contributed by atoms with E-state index in [1.165, 1.54) is 28.6 Å². The van der Waals surface area contributed by atoms with E-state index in [0.29, 0.717) is 19.4 Å². The van der Waals surface area contributed by atoms with Crippen LogP contribution in [0.3, 0.4) is 0 Å². The summed E-state index contributed by atoms with van der Waals surface area (Å²) in [6, 6.07) is 13.3. The number of fused-ring (bicyclic) bond motifs is 1. The number of piperidine rings is 1. The van der Waals surface area contributed by atoms with Gasteiger partial charge in [-0.2, -0.15) is 4.31 Å². The van der Waals surface area contributed by atoms with E-state index in [1.54, 1.807) is 0 Å². The number of aryl methyl sites for hydroxylation is 1.